The average Bonchev–Trinajstić information content (AvgIpc) is 3.58. The molecule has 5 N–H and O–H groups in total. The molecule has 0 bridgehead atoms. The lowest BCUT2D eigenvalue weighted by atomic mass is 10.0. The van der Waals surface area contributed by atoms with Gasteiger partial charge in [0, 0.05) is 36.7 Å². The van der Waals surface area contributed by atoms with Gasteiger partial charge in [0.15, 0.2) is 0 Å². The van der Waals surface area contributed by atoms with Crippen LogP contribution in [0.25, 0.3) is 34.1 Å². The number of phenolic OH excluding ortho intramolecular Hbond substituents is 1. The molecule has 0 saturated carbocycles. The largest absolute Gasteiger partial charge is 0.508 e. The molecule has 1 aliphatic heterocycles. The molecule has 208 valence electrons. The van der Waals surface area contributed by atoms with Crippen LogP contribution in [0.4, 0.5) is 11.9 Å². The minimum absolute atomic E-state index is 0.184. The molecule has 13 nitrogen and oxygen atoms in total. The van der Waals surface area contributed by atoms with E-state index in [0.29, 0.717) is 17.5 Å². The number of phenols is 1. The number of rotatable bonds is 5. The van der Waals surface area contributed by atoms with Gasteiger partial charge in [0.25, 0.3) is 11.6 Å². The van der Waals surface area contributed by atoms with Crippen LogP contribution in [0.5, 0.6) is 11.5 Å². The van der Waals surface area contributed by atoms with Crippen molar-refractivity contribution in [1.82, 2.24) is 39.2 Å². The summed E-state index contributed by atoms with van der Waals surface area (Å²) in [5.41, 5.74) is 14.8. The zero-order chi connectivity index (χ0) is 28.2. The van der Waals surface area contributed by atoms with Gasteiger partial charge < -0.3 is 26.0 Å². The van der Waals surface area contributed by atoms with Gasteiger partial charge in [0.05, 0.1) is 18.0 Å². The normalized spacial score (nSPS) is 13.7. The van der Waals surface area contributed by atoms with Gasteiger partial charge in [-0.05, 0) is 79.4 Å². The number of fused-ring (bicyclic) bond motifs is 2. The molecule has 4 aromatic heterocycles. The van der Waals surface area contributed by atoms with Crippen molar-refractivity contribution in [2.24, 2.45) is 5.92 Å². The summed E-state index contributed by atoms with van der Waals surface area (Å²) in [4.78, 5) is 16.3. The third-order valence-electron chi connectivity index (χ3n) is 6.65. The van der Waals surface area contributed by atoms with Gasteiger partial charge in [-0.1, -0.05) is 0 Å². The lowest BCUT2D eigenvalue weighted by molar-refractivity contribution is 0.0497. The highest BCUT2D eigenvalue weighted by Gasteiger charge is 2.15. The number of ether oxygens (including phenoxy) is 2. The van der Waals surface area contributed by atoms with Crippen molar-refractivity contribution in [3.63, 3.8) is 0 Å². The van der Waals surface area contributed by atoms with Crippen LogP contribution in [-0.2, 0) is 4.74 Å². The monoisotopic (exact) mass is 552 g/mol. The Morgan fingerprint density at radius 2 is 1.27 bits per heavy atom. The van der Waals surface area contributed by atoms with Crippen LogP contribution in [0, 0.1) is 5.92 Å². The van der Waals surface area contributed by atoms with Gasteiger partial charge in [0.2, 0.25) is 11.9 Å². The van der Waals surface area contributed by atoms with Crippen molar-refractivity contribution >= 4 is 23.5 Å². The third-order valence-corrected chi connectivity index (χ3v) is 6.65. The molecule has 13 heteroatoms. The van der Waals surface area contributed by atoms with E-state index >= 15 is 0 Å². The summed E-state index contributed by atoms with van der Waals surface area (Å²) in [5, 5.41) is 17.5. The third kappa shape index (κ3) is 5.84. The maximum Gasteiger partial charge on any atom is 0.254 e. The number of anilines is 2. The summed E-state index contributed by atoms with van der Waals surface area (Å²) in [6.07, 6.45) is 5.49. The fraction of sp³-hybridized carbons (Fsp3) is 0.214. The van der Waals surface area contributed by atoms with Crippen LogP contribution in [0.2, 0.25) is 0 Å². The fourth-order valence-electron chi connectivity index (χ4n) is 4.54. The Hall–Kier alpha value is -5.30. The van der Waals surface area contributed by atoms with E-state index in [1.165, 1.54) is 0 Å². The quantitative estimate of drug-likeness (QED) is 0.286. The van der Waals surface area contributed by atoms with E-state index in [1.54, 1.807) is 45.7 Å². The van der Waals surface area contributed by atoms with E-state index in [1.807, 2.05) is 36.4 Å². The maximum atomic E-state index is 9.25. The van der Waals surface area contributed by atoms with Gasteiger partial charge in [0.1, 0.15) is 11.5 Å². The molecule has 0 spiro atoms. The molecular formula is C28H28N10O3. The van der Waals surface area contributed by atoms with Crippen LogP contribution in [-0.4, -0.2) is 64.1 Å². The van der Waals surface area contributed by atoms with Gasteiger partial charge in [-0.25, -0.2) is 9.97 Å². The first-order valence-electron chi connectivity index (χ1n) is 13.1. The lowest BCUT2D eigenvalue weighted by Crippen LogP contribution is -2.21. The van der Waals surface area contributed by atoms with Gasteiger partial charge in [-0.3, -0.25) is 0 Å². The van der Waals surface area contributed by atoms with Crippen LogP contribution < -0.4 is 16.2 Å². The highest BCUT2D eigenvalue weighted by molar-refractivity contribution is 5.63. The van der Waals surface area contributed by atoms with E-state index in [0.717, 1.165) is 60.9 Å². The molecule has 0 radical (unpaired) electrons. The highest BCUT2D eigenvalue weighted by atomic mass is 16.5. The number of benzene rings is 2. The molecule has 7 rings (SSSR count). The Kier molecular flexibility index (Phi) is 7.24. The van der Waals surface area contributed by atoms with Crippen molar-refractivity contribution in [1.29, 1.82) is 0 Å². The van der Waals surface area contributed by atoms with Gasteiger partial charge >= 0.3 is 0 Å². The minimum Gasteiger partial charge on any atom is -0.508 e. The molecule has 6 aromatic rings. The summed E-state index contributed by atoms with van der Waals surface area (Å²) in [6, 6.07) is 18.5. The molecule has 0 unspecified atom stereocenters. The zero-order valence-electron chi connectivity index (χ0n) is 22.0. The molecule has 0 amide bonds. The second-order valence-electron chi connectivity index (χ2n) is 9.46. The summed E-state index contributed by atoms with van der Waals surface area (Å²) >= 11 is 0. The Balaban J connectivity index is 0.000000156. The van der Waals surface area contributed by atoms with Crippen molar-refractivity contribution in [3.8, 4) is 34.0 Å². The van der Waals surface area contributed by atoms with Gasteiger partial charge in [-0.15, -0.1) is 10.2 Å². The maximum absolute atomic E-state index is 9.25. The minimum atomic E-state index is 0.184. The van der Waals surface area contributed by atoms with Crippen LogP contribution in [0.15, 0.2) is 73.1 Å². The molecular weight excluding hydrogens is 524 g/mol. The SMILES string of the molecule is Nc1nc2nccc(-c3ccc(O)cc3)n2n1.Nc1nc2nccc(-c3ccc(OCC4CCOCC4)cc3)n2n1. The van der Waals surface area contributed by atoms with Crippen LogP contribution >= 0.6 is 0 Å². The van der Waals surface area contributed by atoms with Crippen molar-refractivity contribution < 1.29 is 14.6 Å². The van der Waals surface area contributed by atoms with E-state index in [-0.39, 0.29) is 17.6 Å². The van der Waals surface area contributed by atoms with E-state index in [2.05, 4.69) is 30.1 Å². The first-order chi connectivity index (χ1) is 20.0. The molecule has 41 heavy (non-hydrogen) atoms. The number of aromatic hydroxyl groups is 1. The molecule has 0 aliphatic carbocycles. The summed E-state index contributed by atoms with van der Waals surface area (Å²) in [6.45, 7) is 2.42. The fourth-order valence-corrected chi connectivity index (χ4v) is 4.54. The van der Waals surface area contributed by atoms with Crippen molar-refractivity contribution in [2.75, 3.05) is 31.3 Å². The number of nitrogen functional groups attached to an aromatic ring is 2. The first kappa shape index (κ1) is 26.0. The molecule has 0 atom stereocenters. The molecule has 1 fully saturated rings. The van der Waals surface area contributed by atoms with Crippen molar-refractivity contribution in [3.05, 3.63) is 73.1 Å². The second kappa shape index (κ2) is 11.4. The predicted molar refractivity (Wildman–Crippen MR) is 152 cm³/mol. The summed E-state index contributed by atoms with van der Waals surface area (Å²) in [5.74, 6) is 3.01. The zero-order valence-corrected chi connectivity index (χ0v) is 22.0. The Morgan fingerprint density at radius 1 is 0.756 bits per heavy atom. The Bertz CT molecular complexity index is 1760. The topological polar surface area (TPSA) is 177 Å². The summed E-state index contributed by atoms with van der Waals surface area (Å²) < 4.78 is 14.5. The standard InChI is InChI=1S/C17H19N5O2.C11H9N5O/c18-16-20-17-19-8-5-15(22(17)21-16)13-1-3-14(4-2-13)24-11-12-6-9-23-10-7-12;12-10-14-11-13-6-5-9(16(11)15-10)7-1-3-8(17)4-2-7/h1-5,8,12H,6-7,9-11H2,(H2,18,21);1-6,17H,(H2,12,15). The Labute approximate surface area is 234 Å². The van der Waals surface area contributed by atoms with E-state index in [4.69, 9.17) is 20.9 Å². The average molecular weight is 553 g/mol. The van der Waals surface area contributed by atoms with Crippen molar-refractivity contribution in [2.45, 2.75) is 12.8 Å². The number of aromatic nitrogens is 8. The van der Waals surface area contributed by atoms with E-state index in [9.17, 15) is 5.11 Å². The number of hydrogen-bond donors (Lipinski definition) is 3. The number of nitrogens with two attached hydrogens (primary N) is 2. The number of hydrogen-bond acceptors (Lipinski definition) is 11. The predicted octanol–water partition coefficient (Wildman–Crippen LogP) is 3.26. The first-order valence-corrected chi connectivity index (χ1v) is 13.1. The van der Waals surface area contributed by atoms with Gasteiger partial charge in [-0.2, -0.15) is 19.0 Å². The lowest BCUT2D eigenvalue weighted by Gasteiger charge is -2.22. The molecule has 1 aliphatic rings. The molecule has 5 heterocycles. The van der Waals surface area contributed by atoms with Crippen LogP contribution in [0.3, 0.4) is 0 Å². The molecule has 1 saturated heterocycles. The second-order valence-corrected chi connectivity index (χ2v) is 9.46. The summed E-state index contributed by atoms with van der Waals surface area (Å²) in [7, 11) is 0. The number of nitrogens with zero attached hydrogens (tertiary/aromatic N) is 8. The Morgan fingerprint density at radius 3 is 1.80 bits per heavy atom. The smallest absolute Gasteiger partial charge is 0.254 e. The highest BCUT2D eigenvalue weighted by Crippen LogP contribution is 2.24. The van der Waals surface area contributed by atoms with Crippen LogP contribution in [0.1, 0.15) is 12.8 Å². The van der Waals surface area contributed by atoms with E-state index < -0.39 is 0 Å². The molecule has 2 aromatic carbocycles.